The summed E-state index contributed by atoms with van der Waals surface area (Å²) < 4.78 is 10.6. The standard InChI is InChI=1S/C27H34N2O4S/c1-17(22-13-18-8-10-20(22)12-18)29-26(30)16-34-25-7-5-4-6-21(25)27(31)28-15-19-9-11-23(32-2)24(14-19)33-3/h4-7,9,11,14,17-18,20,22H,8,10,12-13,15-16H2,1-3H3,(H,28,31)(H,29,30)/t17-,18-,20-,22-/m0/s1. The van der Waals surface area contributed by atoms with Crippen LogP contribution in [0.1, 0.15) is 48.5 Å². The second-order valence-corrected chi connectivity index (χ2v) is 10.4. The van der Waals surface area contributed by atoms with Crippen molar-refractivity contribution in [1.82, 2.24) is 10.6 Å². The van der Waals surface area contributed by atoms with Crippen molar-refractivity contribution in [2.75, 3.05) is 20.0 Å². The third-order valence-electron chi connectivity index (χ3n) is 7.22. The summed E-state index contributed by atoms with van der Waals surface area (Å²) in [6, 6.07) is 13.2. The van der Waals surface area contributed by atoms with Gasteiger partial charge in [-0.15, -0.1) is 11.8 Å². The number of thioether (sulfide) groups is 1. The number of carbonyl (C=O) groups excluding carboxylic acids is 2. The van der Waals surface area contributed by atoms with E-state index in [1.807, 2.05) is 36.4 Å². The topological polar surface area (TPSA) is 76.7 Å². The molecule has 2 amide bonds. The second kappa shape index (κ2) is 11.2. The molecule has 2 aromatic rings. The highest BCUT2D eigenvalue weighted by molar-refractivity contribution is 8.00. The van der Waals surface area contributed by atoms with Crippen LogP contribution < -0.4 is 20.1 Å². The van der Waals surface area contributed by atoms with Crippen LogP contribution >= 0.6 is 11.8 Å². The van der Waals surface area contributed by atoms with E-state index in [0.717, 1.165) is 22.3 Å². The van der Waals surface area contributed by atoms with E-state index in [4.69, 9.17) is 9.47 Å². The minimum Gasteiger partial charge on any atom is -0.493 e. The molecule has 2 bridgehead atoms. The predicted octanol–water partition coefficient (Wildman–Crippen LogP) is 4.67. The van der Waals surface area contributed by atoms with Crippen molar-refractivity contribution in [3.05, 3.63) is 53.6 Å². The monoisotopic (exact) mass is 482 g/mol. The number of ether oxygens (including phenoxy) is 2. The van der Waals surface area contributed by atoms with Gasteiger partial charge in [0, 0.05) is 17.5 Å². The van der Waals surface area contributed by atoms with Gasteiger partial charge in [-0.2, -0.15) is 0 Å². The van der Waals surface area contributed by atoms with Gasteiger partial charge in [0.05, 0.1) is 25.5 Å². The number of benzene rings is 2. The van der Waals surface area contributed by atoms with Gasteiger partial charge >= 0.3 is 0 Å². The Morgan fingerprint density at radius 1 is 1.06 bits per heavy atom. The van der Waals surface area contributed by atoms with Crippen LogP contribution in [0.15, 0.2) is 47.4 Å². The Morgan fingerprint density at radius 2 is 1.85 bits per heavy atom. The molecule has 6 nitrogen and oxygen atoms in total. The van der Waals surface area contributed by atoms with Gasteiger partial charge in [-0.1, -0.05) is 24.6 Å². The Kier molecular flexibility index (Phi) is 8.03. The summed E-state index contributed by atoms with van der Waals surface area (Å²) in [5.41, 5.74) is 1.48. The van der Waals surface area contributed by atoms with Crippen molar-refractivity contribution in [2.24, 2.45) is 17.8 Å². The molecule has 0 heterocycles. The second-order valence-electron chi connectivity index (χ2n) is 9.35. The number of hydrogen-bond acceptors (Lipinski definition) is 5. The number of carbonyl (C=O) groups is 2. The lowest BCUT2D eigenvalue weighted by atomic mass is 9.84. The molecule has 0 radical (unpaired) electrons. The third kappa shape index (κ3) is 5.69. The molecule has 4 rings (SSSR count). The van der Waals surface area contributed by atoms with Crippen LogP contribution in [0.5, 0.6) is 11.5 Å². The lowest BCUT2D eigenvalue weighted by molar-refractivity contribution is -0.119. The van der Waals surface area contributed by atoms with Crippen molar-refractivity contribution in [3.63, 3.8) is 0 Å². The molecule has 2 saturated carbocycles. The van der Waals surface area contributed by atoms with Gasteiger partial charge in [-0.3, -0.25) is 9.59 Å². The molecule has 4 atom stereocenters. The van der Waals surface area contributed by atoms with E-state index >= 15 is 0 Å². The molecule has 0 aromatic heterocycles. The Bertz CT molecular complexity index is 1030. The Hall–Kier alpha value is -2.67. The van der Waals surface area contributed by atoms with E-state index in [2.05, 4.69) is 17.6 Å². The van der Waals surface area contributed by atoms with Gasteiger partial charge in [0.25, 0.3) is 5.91 Å². The molecule has 0 unspecified atom stereocenters. The molecule has 0 spiro atoms. The molecular weight excluding hydrogens is 448 g/mol. The van der Waals surface area contributed by atoms with Gasteiger partial charge in [-0.05, 0) is 73.8 Å². The minimum atomic E-state index is -0.173. The maximum absolute atomic E-state index is 12.9. The largest absolute Gasteiger partial charge is 0.493 e. The SMILES string of the molecule is COc1ccc(CNC(=O)c2ccccc2SCC(=O)N[C@@H](C)[C@@H]2C[C@H]3CC[C@H]2C3)cc1OC. The number of nitrogens with one attached hydrogen (secondary N) is 2. The van der Waals surface area contributed by atoms with Crippen LogP contribution in [0.2, 0.25) is 0 Å². The summed E-state index contributed by atoms with van der Waals surface area (Å²) in [7, 11) is 3.18. The molecule has 2 aliphatic rings. The van der Waals surface area contributed by atoms with E-state index < -0.39 is 0 Å². The first kappa shape index (κ1) is 24.5. The maximum atomic E-state index is 12.9. The molecular formula is C27H34N2O4S. The van der Waals surface area contributed by atoms with Gasteiger partial charge in [0.15, 0.2) is 11.5 Å². The number of amides is 2. The maximum Gasteiger partial charge on any atom is 0.252 e. The molecule has 2 aliphatic carbocycles. The molecule has 2 fully saturated rings. The summed E-state index contributed by atoms with van der Waals surface area (Å²) in [6.45, 7) is 2.50. The average molecular weight is 483 g/mol. The van der Waals surface area contributed by atoms with Crippen molar-refractivity contribution in [3.8, 4) is 11.5 Å². The van der Waals surface area contributed by atoms with Crippen LogP contribution in [0.3, 0.4) is 0 Å². The normalized spacial score (nSPS) is 21.7. The van der Waals surface area contributed by atoms with E-state index in [0.29, 0.717) is 35.3 Å². The fourth-order valence-corrected chi connectivity index (χ4v) is 6.36. The van der Waals surface area contributed by atoms with E-state index in [9.17, 15) is 9.59 Å². The van der Waals surface area contributed by atoms with Crippen molar-refractivity contribution in [1.29, 1.82) is 0 Å². The molecule has 7 heteroatoms. The van der Waals surface area contributed by atoms with Gasteiger partial charge < -0.3 is 20.1 Å². The zero-order valence-corrected chi connectivity index (χ0v) is 21.0. The van der Waals surface area contributed by atoms with Crippen molar-refractivity contribution in [2.45, 2.75) is 50.1 Å². The van der Waals surface area contributed by atoms with Crippen LogP contribution in [-0.4, -0.2) is 37.8 Å². The lowest BCUT2D eigenvalue weighted by Crippen LogP contribution is -2.40. The highest BCUT2D eigenvalue weighted by Crippen LogP contribution is 2.49. The summed E-state index contributed by atoms with van der Waals surface area (Å²) in [4.78, 5) is 26.3. The van der Waals surface area contributed by atoms with Crippen LogP contribution in [0, 0.1) is 17.8 Å². The van der Waals surface area contributed by atoms with Crippen LogP contribution in [-0.2, 0) is 11.3 Å². The molecule has 2 aromatic carbocycles. The Balaban J connectivity index is 1.30. The van der Waals surface area contributed by atoms with Gasteiger partial charge in [0.1, 0.15) is 0 Å². The van der Waals surface area contributed by atoms with Crippen molar-refractivity contribution < 1.29 is 19.1 Å². The molecule has 2 N–H and O–H groups in total. The molecule has 182 valence electrons. The van der Waals surface area contributed by atoms with Gasteiger partial charge in [0.2, 0.25) is 5.91 Å². The van der Waals surface area contributed by atoms with Crippen LogP contribution in [0.25, 0.3) is 0 Å². The zero-order chi connectivity index (χ0) is 24.1. The number of hydrogen-bond donors (Lipinski definition) is 2. The smallest absolute Gasteiger partial charge is 0.252 e. The number of methoxy groups -OCH3 is 2. The summed E-state index contributed by atoms with van der Waals surface area (Å²) in [5, 5.41) is 6.18. The first-order valence-corrected chi connectivity index (χ1v) is 13.0. The number of rotatable bonds is 10. The first-order chi connectivity index (χ1) is 16.5. The average Bonchev–Trinajstić information content (AvgIpc) is 3.50. The minimum absolute atomic E-state index is 0.0285. The molecule has 34 heavy (non-hydrogen) atoms. The molecule has 0 aliphatic heterocycles. The quantitative estimate of drug-likeness (QED) is 0.482. The fourth-order valence-electron chi connectivity index (χ4n) is 5.50. The van der Waals surface area contributed by atoms with E-state index in [1.54, 1.807) is 20.3 Å². The van der Waals surface area contributed by atoms with Crippen LogP contribution in [0.4, 0.5) is 0 Å². The fraction of sp³-hybridized carbons (Fsp3) is 0.481. The lowest BCUT2D eigenvalue weighted by Gasteiger charge is -2.28. The highest BCUT2D eigenvalue weighted by atomic mass is 32.2. The first-order valence-electron chi connectivity index (χ1n) is 12.0. The summed E-state index contributed by atoms with van der Waals surface area (Å²) >= 11 is 1.41. The summed E-state index contributed by atoms with van der Waals surface area (Å²) in [5.74, 6) is 3.68. The Labute approximate surface area is 206 Å². The highest BCUT2D eigenvalue weighted by Gasteiger charge is 2.42. The van der Waals surface area contributed by atoms with E-state index in [1.165, 1.54) is 37.4 Å². The van der Waals surface area contributed by atoms with Crippen molar-refractivity contribution >= 4 is 23.6 Å². The van der Waals surface area contributed by atoms with E-state index in [-0.39, 0.29) is 17.9 Å². The predicted molar refractivity (Wildman–Crippen MR) is 134 cm³/mol. The molecule has 0 saturated heterocycles. The number of fused-ring (bicyclic) bond motifs is 2. The zero-order valence-electron chi connectivity index (χ0n) is 20.1. The Morgan fingerprint density at radius 3 is 2.56 bits per heavy atom. The third-order valence-corrected chi connectivity index (χ3v) is 8.29. The van der Waals surface area contributed by atoms with Gasteiger partial charge in [-0.25, -0.2) is 0 Å². The summed E-state index contributed by atoms with van der Waals surface area (Å²) in [6.07, 6.45) is 5.27.